The summed E-state index contributed by atoms with van der Waals surface area (Å²) >= 11 is 0. The average molecular weight is 368 g/mol. The van der Waals surface area contributed by atoms with E-state index < -0.39 is 0 Å². The molecule has 1 unspecified atom stereocenters. The van der Waals surface area contributed by atoms with Gasteiger partial charge in [-0.2, -0.15) is 0 Å². The summed E-state index contributed by atoms with van der Waals surface area (Å²) in [5.41, 5.74) is 10.8. The quantitative estimate of drug-likeness (QED) is 0.610. The van der Waals surface area contributed by atoms with Crippen LogP contribution in [0.1, 0.15) is 44.2 Å². The fourth-order valence-electron chi connectivity index (χ4n) is 4.16. The molecule has 0 bridgehead atoms. The second-order valence-electron chi connectivity index (χ2n) is 8.03. The summed E-state index contributed by atoms with van der Waals surface area (Å²) in [5, 5.41) is 3.64. The lowest BCUT2D eigenvalue weighted by Crippen LogP contribution is -2.12. The number of fused-ring (bicyclic) bond motifs is 1. The van der Waals surface area contributed by atoms with E-state index in [-0.39, 0.29) is 0 Å². The van der Waals surface area contributed by atoms with E-state index in [1.165, 1.54) is 44.8 Å². The van der Waals surface area contributed by atoms with Gasteiger partial charge in [-0.25, -0.2) is 0 Å². The van der Waals surface area contributed by atoms with Gasteiger partial charge in [0.15, 0.2) is 0 Å². The highest BCUT2D eigenvalue weighted by atomic mass is 14.9. The molecular formula is C27H29N. The van der Waals surface area contributed by atoms with Crippen LogP contribution in [0.2, 0.25) is 0 Å². The van der Waals surface area contributed by atoms with E-state index >= 15 is 0 Å². The van der Waals surface area contributed by atoms with E-state index in [9.17, 15) is 0 Å². The zero-order valence-electron chi connectivity index (χ0n) is 17.1. The number of rotatable bonds is 3. The van der Waals surface area contributed by atoms with E-state index in [0.717, 1.165) is 19.3 Å². The van der Waals surface area contributed by atoms with Gasteiger partial charge in [-0.05, 0) is 74.0 Å². The Balaban J connectivity index is 1.56. The van der Waals surface area contributed by atoms with E-state index in [1.807, 2.05) is 0 Å². The Hall–Kier alpha value is -2.80. The van der Waals surface area contributed by atoms with Gasteiger partial charge >= 0.3 is 0 Å². The number of allylic oxidation sites excluding steroid dienone is 10. The van der Waals surface area contributed by atoms with Crippen LogP contribution in [0, 0.1) is 12.8 Å². The van der Waals surface area contributed by atoms with Crippen molar-refractivity contribution in [2.45, 2.75) is 40.0 Å². The lowest BCUT2D eigenvalue weighted by Gasteiger charge is -2.16. The zero-order valence-corrected chi connectivity index (χ0v) is 17.1. The van der Waals surface area contributed by atoms with E-state index in [0.29, 0.717) is 5.92 Å². The van der Waals surface area contributed by atoms with Crippen LogP contribution >= 0.6 is 0 Å². The third kappa shape index (κ3) is 3.89. The van der Waals surface area contributed by atoms with Crippen LogP contribution in [0.25, 0.3) is 6.08 Å². The highest BCUT2D eigenvalue weighted by Gasteiger charge is 2.23. The second kappa shape index (κ2) is 8.06. The molecule has 3 aliphatic rings. The molecule has 28 heavy (non-hydrogen) atoms. The van der Waals surface area contributed by atoms with Gasteiger partial charge in [-0.1, -0.05) is 72.4 Å². The van der Waals surface area contributed by atoms with Crippen LogP contribution in [-0.2, 0) is 0 Å². The molecule has 0 spiro atoms. The van der Waals surface area contributed by atoms with Crippen LogP contribution in [0.4, 0.5) is 0 Å². The first-order valence-corrected chi connectivity index (χ1v) is 10.3. The van der Waals surface area contributed by atoms with Gasteiger partial charge in [0.2, 0.25) is 0 Å². The van der Waals surface area contributed by atoms with Gasteiger partial charge in [0.05, 0.1) is 0 Å². The molecule has 2 aliphatic carbocycles. The maximum atomic E-state index is 3.64. The molecule has 1 nitrogen and oxygen atoms in total. The number of benzene rings is 1. The van der Waals surface area contributed by atoms with Crippen molar-refractivity contribution in [3.63, 3.8) is 0 Å². The summed E-state index contributed by atoms with van der Waals surface area (Å²) in [7, 11) is 0. The number of hydrogen-bond donors (Lipinski definition) is 1. The maximum Gasteiger partial charge on any atom is 0.0421 e. The SMILES string of the molecule is C\C1=C(C2=CC3CC=CC=C3N2)/C=C\C=C(\C(C)=C\c2ccccc2C)CC1. The molecule has 1 aromatic rings. The molecular weight excluding hydrogens is 338 g/mol. The molecule has 0 saturated carbocycles. The lowest BCUT2D eigenvalue weighted by atomic mass is 9.92. The first kappa shape index (κ1) is 18.6. The van der Waals surface area contributed by atoms with Crippen molar-refractivity contribution < 1.29 is 0 Å². The van der Waals surface area contributed by atoms with Crippen molar-refractivity contribution in [3.8, 4) is 0 Å². The van der Waals surface area contributed by atoms with Crippen LogP contribution in [0.5, 0.6) is 0 Å². The molecule has 0 saturated heterocycles. The Morgan fingerprint density at radius 1 is 1.07 bits per heavy atom. The van der Waals surface area contributed by atoms with Crippen molar-refractivity contribution in [1.29, 1.82) is 0 Å². The topological polar surface area (TPSA) is 12.0 Å². The van der Waals surface area contributed by atoms with E-state index in [1.54, 1.807) is 0 Å². The minimum atomic E-state index is 0.518. The van der Waals surface area contributed by atoms with Crippen molar-refractivity contribution in [2.24, 2.45) is 5.92 Å². The van der Waals surface area contributed by atoms with Gasteiger partial charge in [0, 0.05) is 17.3 Å². The van der Waals surface area contributed by atoms with Gasteiger partial charge in [0.25, 0.3) is 0 Å². The van der Waals surface area contributed by atoms with Gasteiger partial charge in [-0.15, -0.1) is 0 Å². The molecule has 0 aromatic heterocycles. The molecule has 0 amide bonds. The van der Waals surface area contributed by atoms with Crippen molar-refractivity contribution in [1.82, 2.24) is 5.32 Å². The Morgan fingerprint density at radius 2 is 1.93 bits per heavy atom. The average Bonchev–Trinajstić information content (AvgIpc) is 3.10. The zero-order chi connectivity index (χ0) is 19.5. The highest BCUT2D eigenvalue weighted by Crippen LogP contribution is 2.33. The molecule has 0 radical (unpaired) electrons. The number of aryl methyl sites for hydroxylation is 1. The lowest BCUT2D eigenvalue weighted by molar-refractivity contribution is 0.753. The van der Waals surface area contributed by atoms with Crippen molar-refractivity contribution in [3.05, 3.63) is 112 Å². The van der Waals surface area contributed by atoms with Crippen LogP contribution in [0.3, 0.4) is 0 Å². The molecule has 142 valence electrons. The first-order valence-electron chi connectivity index (χ1n) is 10.3. The smallest absolute Gasteiger partial charge is 0.0421 e. The van der Waals surface area contributed by atoms with Gasteiger partial charge in [0.1, 0.15) is 0 Å². The van der Waals surface area contributed by atoms with E-state index in [4.69, 9.17) is 0 Å². The number of hydrogen-bond acceptors (Lipinski definition) is 1. The maximum absolute atomic E-state index is 3.64. The second-order valence-corrected chi connectivity index (χ2v) is 8.03. The summed E-state index contributed by atoms with van der Waals surface area (Å²) < 4.78 is 0. The number of nitrogens with one attached hydrogen (secondary N) is 1. The Morgan fingerprint density at radius 3 is 2.75 bits per heavy atom. The van der Waals surface area contributed by atoms with E-state index in [2.05, 4.69) is 99.0 Å². The monoisotopic (exact) mass is 367 g/mol. The predicted octanol–water partition coefficient (Wildman–Crippen LogP) is 6.94. The molecule has 1 aromatic carbocycles. The van der Waals surface area contributed by atoms with Crippen LogP contribution < -0.4 is 5.32 Å². The fraction of sp³-hybridized carbons (Fsp3) is 0.259. The molecule has 0 fully saturated rings. The summed E-state index contributed by atoms with van der Waals surface area (Å²) in [6.07, 6.45) is 21.4. The molecule has 1 heterocycles. The Kier molecular flexibility index (Phi) is 5.34. The van der Waals surface area contributed by atoms with Crippen molar-refractivity contribution in [2.75, 3.05) is 0 Å². The fourth-order valence-corrected chi connectivity index (χ4v) is 4.16. The summed E-state index contributed by atoms with van der Waals surface area (Å²) in [6.45, 7) is 6.69. The standard InChI is InChI=1S/C27H29N/c1-19-9-4-5-10-23(19)17-21(3)22-12-8-13-25(20(2)15-16-22)27-18-24-11-6-7-14-26(24)28-27/h4-10,12-14,17-18,24,28H,11,15-16H2,1-3H3/b13-8-,21-17+,22-12+,25-20-. The highest BCUT2D eigenvalue weighted by molar-refractivity contribution is 5.61. The third-order valence-electron chi connectivity index (χ3n) is 5.99. The minimum Gasteiger partial charge on any atom is -0.358 e. The molecule has 1 atom stereocenters. The molecule has 1 N–H and O–H groups in total. The molecule has 4 rings (SSSR count). The van der Waals surface area contributed by atoms with Gasteiger partial charge < -0.3 is 5.32 Å². The van der Waals surface area contributed by atoms with Crippen LogP contribution in [0.15, 0.2) is 100 Å². The largest absolute Gasteiger partial charge is 0.358 e. The minimum absolute atomic E-state index is 0.518. The van der Waals surface area contributed by atoms with Gasteiger partial charge in [-0.3, -0.25) is 0 Å². The summed E-state index contributed by atoms with van der Waals surface area (Å²) in [4.78, 5) is 0. The van der Waals surface area contributed by atoms with Crippen molar-refractivity contribution >= 4 is 6.08 Å². The third-order valence-corrected chi connectivity index (χ3v) is 5.99. The first-order chi connectivity index (χ1) is 13.6. The summed E-state index contributed by atoms with van der Waals surface area (Å²) in [6, 6.07) is 8.59. The summed E-state index contributed by atoms with van der Waals surface area (Å²) in [5.74, 6) is 0.518. The Labute approximate surface area is 169 Å². The Bertz CT molecular complexity index is 989. The molecule has 1 heteroatoms. The normalized spacial score (nSPS) is 27.6. The van der Waals surface area contributed by atoms with Crippen LogP contribution in [-0.4, -0.2) is 0 Å². The molecule has 1 aliphatic heterocycles. The predicted molar refractivity (Wildman–Crippen MR) is 121 cm³/mol.